The third-order valence-electron chi connectivity index (χ3n) is 2.81. The van der Waals surface area contributed by atoms with Crippen molar-refractivity contribution in [3.63, 3.8) is 0 Å². The van der Waals surface area contributed by atoms with Crippen LogP contribution in [0.2, 0.25) is 0 Å². The molecule has 94 valence electrons. The lowest BCUT2D eigenvalue weighted by molar-refractivity contribution is 0.301. The minimum absolute atomic E-state index is 0.00451. The first-order valence-corrected chi connectivity index (χ1v) is 7.08. The van der Waals surface area contributed by atoms with E-state index in [1.54, 1.807) is 18.2 Å². The molecule has 0 aliphatic heterocycles. The Hall–Kier alpha value is -1.11. The first-order valence-electron chi connectivity index (χ1n) is 5.53. The molecule has 2 rings (SSSR count). The second-order valence-corrected chi connectivity index (χ2v) is 5.69. The molecular formula is C11H16N2O3S. The summed E-state index contributed by atoms with van der Waals surface area (Å²) >= 11 is 0. The minimum Gasteiger partial charge on any atom is -0.395 e. The van der Waals surface area contributed by atoms with Crippen LogP contribution in [0.1, 0.15) is 12.8 Å². The van der Waals surface area contributed by atoms with Crippen molar-refractivity contribution in [3.05, 3.63) is 24.3 Å². The first kappa shape index (κ1) is 12.3. The fourth-order valence-corrected chi connectivity index (χ4v) is 2.67. The van der Waals surface area contributed by atoms with Crippen molar-refractivity contribution in [2.75, 3.05) is 18.1 Å². The molecule has 1 fully saturated rings. The molecule has 0 radical (unpaired) electrons. The molecule has 1 aliphatic rings. The molecule has 0 aromatic heterocycles. The molecule has 5 nitrogen and oxygen atoms in total. The summed E-state index contributed by atoms with van der Waals surface area (Å²) in [6.45, 7) is 0.423. The summed E-state index contributed by atoms with van der Waals surface area (Å²) in [5.74, 6) is 0. The van der Waals surface area contributed by atoms with E-state index in [0.717, 1.165) is 12.8 Å². The van der Waals surface area contributed by atoms with Gasteiger partial charge in [0.2, 0.25) is 10.0 Å². The lowest BCUT2D eigenvalue weighted by Gasteiger charge is -2.25. The molecular weight excluding hydrogens is 240 g/mol. The summed E-state index contributed by atoms with van der Waals surface area (Å²) in [5, 5.41) is 14.2. The summed E-state index contributed by atoms with van der Waals surface area (Å²) < 4.78 is 23.0. The van der Waals surface area contributed by atoms with Crippen LogP contribution in [0.5, 0.6) is 0 Å². The first-order chi connectivity index (χ1) is 8.04. The van der Waals surface area contributed by atoms with Crippen molar-refractivity contribution in [3.8, 4) is 0 Å². The maximum absolute atomic E-state index is 11.5. The highest BCUT2D eigenvalue weighted by Crippen LogP contribution is 2.34. The highest BCUT2D eigenvalue weighted by molar-refractivity contribution is 7.89. The normalized spacial score (nSPS) is 15.9. The monoisotopic (exact) mass is 256 g/mol. The largest absolute Gasteiger partial charge is 0.395 e. The van der Waals surface area contributed by atoms with Gasteiger partial charge in [-0.1, -0.05) is 12.1 Å². The van der Waals surface area contributed by atoms with Crippen LogP contribution in [0.3, 0.4) is 0 Å². The van der Waals surface area contributed by atoms with Gasteiger partial charge in [0.1, 0.15) is 4.90 Å². The molecule has 1 aromatic carbocycles. The third-order valence-corrected chi connectivity index (χ3v) is 3.77. The zero-order valence-corrected chi connectivity index (χ0v) is 10.2. The van der Waals surface area contributed by atoms with Crippen LogP contribution in [-0.4, -0.2) is 32.7 Å². The van der Waals surface area contributed by atoms with Gasteiger partial charge in [0.25, 0.3) is 0 Å². The molecule has 3 N–H and O–H groups in total. The molecule has 0 bridgehead atoms. The fraction of sp³-hybridized carbons (Fsp3) is 0.455. The van der Waals surface area contributed by atoms with E-state index in [9.17, 15) is 8.42 Å². The van der Waals surface area contributed by atoms with Gasteiger partial charge >= 0.3 is 0 Å². The van der Waals surface area contributed by atoms with E-state index in [0.29, 0.717) is 18.3 Å². The molecule has 0 amide bonds. The van der Waals surface area contributed by atoms with Crippen LogP contribution in [-0.2, 0) is 10.0 Å². The van der Waals surface area contributed by atoms with E-state index < -0.39 is 10.0 Å². The van der Waals surface area contributed by atoms with E-state index >= 15 is 0 Å². The van der Waals surface area contributed by atoms with Crippen LogP contribution < -0.4 is 10.0 Å². The number of benzene rings is 1. The summed E-state index contributed by atoms with van der Waals surface area (Å²) in [4.78, 5) is 2.04. The van der Waals surface area contributed by atoms with Gasteiger partial charge in [-0.05, 0) is 25.0 Å². The van der Waals surface area contributed by atoms with Crippen molar-refractivity contribution >= 4 is 15.7 Å². The number of aliphatic hydroxyl groups is 1. The molecule has 17 heavy (non-hydrogen) atoms. The SMILES string of the molecule is NS(=O)(=O)c1ccccc1N(CCO)C1CC1. The summed E-state index contributed by atoms with van der Waals surface area (Å²) in [5.41, 5.74) is 0.589. The predicted molar refractivity (Wildman–Crippen MR) is 65.3 cm³/mol. The lowest BCUT2D eigenvalue weighted by Crippen LogP contribution is -2.31. The van der Waals surface area contributed by atoms with Crippen molar-refractivity contribution in [1.82, 2.24) is 0 Å². The van der Waals surface area contributed by atoms with Gasteiger partial charge in [0.15, 0.2) is 0 Å². The Bertz CT molecular complexity index is 497. The van der Waals surface area contributed by atoms with Gasteiger partial charge in [-0.25, -0.2) is 13.6 Å². The second kappa shape index (κ2) is 4.64. The predicted octanol–water partition coefficient (Wildman–Crippen LogP) is 0.295. The Morgan fingerprint density at radius 1 is 1.35 bits per heavy atom. The zero-order valence-electron chi connectivity index (χ0n) is 9.41. The number of para-hydroxylation sites is 1. The standard InChI is InChI=1S/C11H16N2O3S/c12-17(15,16)11-4-2-1-3-10(11)13(7-8-14)9-5-6-9/h1-4,9,14H,5-8H2,(H2,12,15,16). The van der Waals surface area contributed by atoms with Crippen molar-refractivity contribution in [1.29, 1.82) is 0 Å². The van der Waals surface area contributed by atoms with Crippen LogP contribution in [0.15, 0.2) is 29.2 Å². The molecule has 0 heterocycles. The number of nitrogens with zero attached hydrogens (tertiary/aromatic N) is 1. The average molecular weight is 256 g/mol. The number of sulfonamides is 1. The van der Waals surface area contributed by atoms with Gasteiger partial charge in [-0.3, -0.25) is 0 Å². The number of hydrogen-bond acceptors (Lipinski definition) is 4. The molecule has 6 heteroatoms. The molecule has 1 aliphatic carbocycles. The molecule has 0 spiro atoms. The fourth-order valence-electron chi connectivity index (χ4n) is 1.93. The Balaban J connectivity index is 2.42. The lowest BCUT2D eigenvalue weighted by atomic mass is 10.2. The van der Waals surface area contributed by atoms with Crippen LogP contribution in [0, 0.1) is 0 Å². The number of nitrogens with two attached hydrogens (primary N) is 1. The summed E-state index contributed by atoms with van der Waals surface area (Å²) in [6.07, 6.45) is 2.05. The zero-order chi connectivity index (χ0) is 12.5. The minimum atomic E-state index is -3.73. The van der Waals surface area contributed by atoms with Crippen LogP contribution >= 0.6 is 0 Å². The molecule has 0 atom stereocenters. The third kappa shape index (κ3) is 2.77. The number of anilines is 1. The number of aliphatic hydroxyl groups excluding tert-OH is 1. The summed E-state index contributed by atoms with van der Waals surface area (Å²) in [7, 11) is -3.73. The van der Waals surface area contributed by atoms with E-state index in [-0.39, 0.29) is 11.5 Å². The molecule has 1 aromatic rings. The summed E-state index contributed by atoms with van der Waals surface area (Å²) in [6, 6.07) is 6.97. The quantitative estimate of drug-likeness (QED) is 0.793. The smallest absolute Gasteiger partial charge is 0.240 e. The van der Waals surface area contributed by atoms with E-state index in [1.165, 1.54) is 6.07 Å². The topological polar surface area (TPSA) is 83.6 Å². The van der Waals surface area contributed by atoms with Crippen molar-refractivity contribution in [2.45, 2.75) is 23.8 Å². The van der Waals surface area contributed by atoms with Gasteiger partial charge in [0, 0.05) is 12.6 Å². The highest BCUT2D eigenvalue weighted by Gasteiger charge is 2.31. The number of hydrogen-bond donors (Lipinski definition) is 2. The van der Waals surface area contributed by atoms with E-state index in [2.05, 4.69) is 0 Å². The van der Waals surface area contributed by atoms with Gasteiger partial charge in [0.05, 0.1) is 12.3 Å². The maximum atomic E-state index is 11.5. The van der Waals surface area contributed by atoms with Crippen molar-refractivity contribution in [2.24, 2.45) is 5.14 Å². The van der Waals surface area contributed by atoms with Crippen LogP contribution in [0.25, 0.3) is 0 Å². The Kier molecular flexibility index (Phi) is 3.37. The average Bonchev–Trinajstić information content (AvgIpc) is 3.08. The van der Waals surface area contributed by atoms with E-state index in [4.69, 9.17) is 10.2 Å². The Morgan fingerprint density at radius 3 is 2.53 bits per heavy atom. The Labute approximate surface area is 101 Å². The highest BCUT2D eigenvalue weighted by atomic mass is 32.2. The number of primary sulfonamides is 1. The molecule has 0 unspecified atom stereocenters. The van der Waals surface area contributed by atoms with Gasteiger partial charge < -0.3 is 10.0 Å². The van der Waals surface area contributed by atoms with Gasteiger partial charge in [-0.2, -0.15) is 0 Å². The number of rotatable bonds is 5. The Morgan fingerprint density at radius 2 is 2.00 bits per heavy atom. The maximum Gasteiger partial charge on any atom is 0.240 e. The molecule has 1 saturated carbocycles. The van der Waals surface area contributed by atoms with E-state index in [1.807, 2.05) is 4.90 Å². The molecule has 0 saturated heterocycles. The van der Waals surface area contributed by atoms with Gasteiger partial charge in [-0.15, -0.1) is 0 Å². The second-order valence-electron chi connectivity index (χ2n) is 4.16. The van der Waals surface area contributed by atoms with Crippen molar-refractivity contribution < 1.29 is 13.5 Å². The van der Waals surface area contributed by atoms with Crippen LogP contribution in [0.4, 0.5) is 5.69 Å².